The number of aliphatic imine (C=N–C) groups is 1. The van der Waals surface area contributed by atoms with Crippen LogP contribution in [0.1, 0.15) is 25.5 Å². The molecule has 108 valence electrons. The molecular formula is C15H18N6. The topological polar surface area (TPSA) is 58.7 Å². The molecule has 0 radical (unpaired) electrons. The lowest BCUT2D eigenvalue weighted by Gasteiger charge is -2.16. The third-order valence-electron chi connectivity index (χ3n) is 3.50. The van der Waals surface area contributed by atoms with Crippen LogP contribution in [0.5, 0.6) is 0 Å². The summed E-state index contributed by atoms with van der Waals surface area (Å²) < 4.78 is 0. The average molecular weight is 282 g/mol. The summed E-state index contributed by atoms with van der Waals surface area (Å²) in [5, 5.41) is 8.54. The van der Waals surface area contributed by atoms with Gasteiger partial charge in [0.1, 0.15) is 5.71 Å². The van der Waals surface area contributed by atoms with E-state index in [0.29, 0.717) is 11.6 Å². The van der Waals surface area contributed by atoms with Crippen LogP contribution in [0.4, 0.5) is 11.4 Å². The van der Waals surface area contributed by atoms with Crippen molar-refractivity contribution in [3.63, 3.8) is 0 Å². The molecule has 0 spiro atoms. The zero-order valence-electron chi connectivity index (χ0n) is 12.7. The Morgan fingerprint density at radius 1 is 1.19 bits per heavy atom. The van der Waals surface area contributed by atoms with Gasteiger partial charge in [0.05, 0.1) is 11.4 Å². The van der Waals surface area contributed by atoms with E-state index in [1.54, 1.807) is 4.79 Å². The lowest BCUT2D eigenvalue weighted by molar-refractivity contribution is 0.736. The van der Waals surface area contributed by atoms with Crippen LogP contribution in [0, 0.1) is 6.92 Å². The van der Waals surface area contributed by atoms with E-state index in [-0.39, 0.29) is 0 Å². The summed E-state index contributed by atoms with van der Waals surface area (Å²) in [5.74, 6) is 1.41. The van der Waals surface area contributed by atoms with Crippen molar-refractivity contribution in [1.29, 1.82) is 0 Å². The Labute approximate surface area is 123 Å². The van der Waals surface area contributed by atoms with Gasteiger partial charge in [0.15, 0.2) is 5.82 Å². The van der Waals surface area contributed by atoms with Crippen molar-refractivity contribution in [1.82, 2.24) is 14.9 Å². The van der Waals surface area contributed by atoms with Crippen molar-refractivity contribution in [2.75, 3.05) is 18.5 Å². The summed E-state index contributed by atoms with van der Waals surface area (Å²) in [6.07, 6.45) is 0. The minimum atomic E-state index is 0.703. The smallest absolute Gasteiger partial charge is 0.204 e. The number of benzene rings is 1. The number of anilines is 1. The number of aryl methyl sites for hydroxylation is 1. The highest BCUT2D eigenvalue weighted by atomic mass is 15.6. The molecule has 3 rings (SSSR count). The number of hydrogen-bond donors (Lipinski definition) is 0. The molecule has 2 aromatic rings. The molecule has 0 unspecified atom stereocenters. The van der Waals surface area contributed by atoms with Crippen LogP contribution in [0.3, 0.4) is 0 Å². The third kappa shape index (κ3) is 2.44. The second-order valence-electron chi connectivity index (χ2n) is 5.05. The summed E-state index contributed by atoms with van der Waals surface area (Å²) in [7, 11) is 2.07. The first-order valence-corrected chi connectivity index (χ1v) is 6.98. The lowest BCUT2D eigenvalue weighted by Crippen LogP contribution is -2.15. The summed E-state index contributed by atoms with van der Waals surface area (Å²) >= 11 is 0. The minimum Gasteiger partial charge on any atom is -0.375 e. The maximum absolute atomic E-state index is 4.66. The highest BCUT2D eigenvalue weighted by Crippen LogP contribution is 2.21. The quantitative estimate of drug-likeness (QED) is 0.868. The molecule has 0 atom stereocenters. The van der Waals surface area contributed by atoms with Crippen molar-refractivity contribution in [3.05, 3.63) is 35.9 Å². The van der Waals surface area contributed by atoms with Crippen molar-refractivity contribution in [2.24, 2.45) is 10.1 Å². The van der Waals surface area contributed by atoms with Crippen LogP contribution >= 0.6 is 0 Å². The monoisotopic (exact) mass is 282 g/mol. The van der Waals surface area contributed by atoms with Crippen LogP contribution in [0.25, 0.3) is 0 Å². The molecule has 0 fully saturated rings. The molecule has 1 aliphatic rings. The number of fused-ring (bicyclic) bond motifs is 1. The van der Waals surface area contributed by atoms with E-state index >= 15 is 0 Å². The van der Waals surface area contributed by atoms with Gasteiger partial charge < -0.3 is 4.90 Å². The van der Waals surface area contributed by atoms with E-state index in [1.165, 1.54) is 5.69 Å². The molecule has 1 aromatic carbocycles. The average Bonchev–Trinajstić information content (AvgIpc) is 2.96. The largest absolute Gasteiger partial charge is 0.375 e. The Morgan fingerprint density at radius 2 is 1.90 bits per heavy atom. The maximum atomic E-state index is 4.66. The van der Waals surface area contributed by atoms with Crippen molar-refractivity contribution in [3.8, 4) is 0 Å². The number of rotatable bonds is 3. The fourth-order valence-corrected chi connectivity index (χ4v) is 2.20. The summed E-state index contributed by atoms with van der Waals surface area (Å²) in [6, 6.07) is 8.15. The number of aromatic nitrogens is 3. The SMILES string of the molecule is CCN(C)c1ccc(N=C2C(C)=Nn3nc(C)nc32)cc1. The first kappa shape index (κ1) is 13.5. The third-order valence-corrected chi connectivity index (χ3v) is 3.50. The molecule has 0 aliphatic carbocycles. The molecule has 0 amide bonds. The van der Waals surface area contributed by atoms with Crippen molar-refractivity contribution < 1.29 is 0 Å². The molecule has 0 saturated carbocycles. The molecule has 1 aliphatic heterocycles. The van der Waals surface area contributed by atoms with E-state index in [2.05, 4.69) is 51.2 Å². The van der Waals surface area contributed by atoms with E-state index in [0.717, 1.165) is 23.7 Å². The van der Waals surface area contributed by atoms with Crippen LogP contribution in [-0.4, -0.2) is 39.9 Å². The molecule has 21 heavy (non-hydrogen) atoms. The predicted molar refractivity (Wildman–Crippen MR) is 84.8 cm³/mol. The number of nitrogens with zero attached hydrogens (tertiary/aromatic N) is 6. The van der Waals surface area contributed by atoms with Gasteiger partial charge in [-0.1, -0.05) is 0 Å². The second-order valence-corrected chi connectivity index (χ2v) is 5.05. The maximum Gasteiger partial charge on any atom is 0.204 e. The van der Waals surface area contributed by atoms with Gasteiger partial charge in [-0.2, -0.15) is 5.10 Å². The van der Waals surface area contributed by atoms with Gasteiger partial charge in [-0.3, -0.25) is 0 Å². The number of hydrogen-bond acceptors (Lipinski definition) is 5. The Hall–Kier alpha value is -2.50. The van der Waals surface area contributed by atoms with Gasteiger partial charge in [-0.15, -0.1) is 9.89 Å². The van der Waals surface area contributed by atoms with Crippen molar-refractivity contribution >= 4 is 22.8 Å². The Kier molecular flexibility index (Phi) is 3.29. The molecular weight excluding hydrogens is 264 g/mol. The standard InChI is InChI=1S/C15H18N6/c1-5-20(4)13-8-6-12(7-9-13)17-14-10(2)18-21-15(14)16-11(3)19-21/h6-9H,5H2,1-4H3. The fourth-order valence-electron chi connectivity index (χ4n) is 2.20. The molecule has 6 nitrogen and oxygen atoms in total. The lowest BCUT2D eigenvalue weighted by atomic mass is 10.2. The van der Waals surface area contributed by atoms with E-state index < -0.39 is 0 Å². The van der Waals surface area contributed by atoms with Gasteiger partial charge in [0.25, 0.3) is 0 Å². The van der Waals surface area contributed by atoms with Gasteiger partial charge in [-0.25, -0.2) is 9.98 Å². The Balaban J connectivity index is 1.93. The molecule has 0 N–H and O–H groups in total. The van der Waals surface area contributed by atoms with E-state index in [1.807, 2.05) is 26.0 Å². The van der Waals surface area contributed by atoms with Crippen LogP contribution < -0.4 is 4.90 Å². The van der Waals surface area contributed by atoms with Gasteiger partial charge in [0, 0.05) is 19.3 Å². The normalized spacial score (nSPS) is 15.2. The zero-order chi connectivity index (χ0) is 15.0. The minimum absolute atomic E-state index is 0.703. The highest BCUT2D eigenvalue weighted by Gasteiger charge is 2.23. The van der Waals surface area contributed by atoms with Gasteiger partial charge >= 0.3 is 0 Å². The van der Waals surface area contributed by atoms with E-state index in [9.17, 15) is 0 Å². The molecule has 0 bridgehead atoms. The first-order chi connectivity index (χ1) is 10.1. The van der Waals surface area contributed by atoms with Crippen LogP contribution in [0.15, 0.2) is 34.4 Å². The molecule has 0 saturated heterocycles. The summed E-state index contributed by atoms with van der Waals surface area (Å²) in [6.45, 7) is 6.87. The second kappa shape index (κ2) is 5.12. The highest BCUT2D eigenvalue weighted by molar-refractivity contribution is 6.48. The first-order valence-electron chi connectivity index (χ1n) is 6.98. The Bertz CT molecular complexity index is 723. The zero-order valence-corrected chi connectivity index (χ0v) is 12.7. The summed E-state index contributed by atoms with van der Waals surface area (Å²) in [4.78, 5) is 12.8. The predicted octanol–water partition coefficient (Wildman–Crippen LogP) is 2.40. The Morgan fingerprint density at radius 3 is 2.57 bits per heavy atom. The summed E-state index contributed by atoms with van der Waals surface area (Å²) in [5.41, 5.74) is 3.69. The molecule has 1 aromatic heterocycles. The van der Waals surface area contributed by atoms with Crippen molar-refractivity contribution in [2.45, 2.75) is 20.8 Å². The van der Waals surface area contributed by atoms with Gasteiger partial charge in [0.2, 0.25) is 5.82 Å². The molecule has 2 heterocycles. The molecule has 6 heteroatoms. The fraction of sp³-hybridized carbons (Fsp3) is 0.333. The van der Waals surface area contributed by atoms with Crippen LogP contribution in [-0.2, 0) is 0 Å². The van der Waals surface area contributed by atoms with Crippen LogP contribution in [0.2, 0.25) is 0 Å². The van der Waals surface area contributed by atoms with E-state index in [4.69, 9.17) is 0 Å². The van der Waals surface area contributed by atoms with Gasteiger partial charge in [-0.05, 0) is 45.0 Å².